The van der Waals surface area contributed by atoms with Gasteiger partial charge in [0.2, 0.25) is 0 Å². The van der Waals surface area contributed by atoms with Crippen molar-refractivity contribution in [3.05, 3.63) is 64.8 Å². The molecule has 0 fully saturated rings. The SMILES string of the molecule is CC(C)Oc1c(I)cc(/C=N\NC(=O)c2ccc([N+](=O)[O-])cc2)cc1I. The molecular formula is C17H15I2N3O4. The number of hydrazone groups is 1. The van der Waals surface area contributed by atoms with Crippen LogP contribution in [0.25, 0.3) is 0 Å². The van der Waals surface area contributed by atoms with Gasteiger partial charge in [-0.1, -0.05) is 0 Å². The van der Waals surface area contributed by atoms with E-state index >= 15 is 0 Å². The van der Waals surface area contributed by atoms with Gasteiger partial charge >= 0.3 is 0 Å². The Balaban J connectivity index is 2.05. The summed E-state index contributed by atoms with van der Waals surface area (Å²) in [6.45, 7) is 3.94. The Hall–Kier alpha value is -1.76. The molecule has 0 heterocycles. The fourth-order valence-corrected chi connectivity index (χ4v) is 4.04. The van der Waals surface area contributed by atoms with Crippen molar-refractivity contribution < 1.29 is 14.5 Å². The molecule has 2 aromatic rings. The van der Waals surface area contributed by atoms with Crippen molar-refractivity contribution in [2.24, 2.45) is 5.10 Å². The number of halogens is 2. The molecule has 0 aromatic heterocycles. The van der Waals surface area contributed by atoms with Crippen LogP contribution in [-0.4, -0.2) is 23.1 Å². The van der Waals surface area contributed by atoms with E-state index in [1.165, 1.54) is 30.5 Å². The first-order valence-corrected chi connectivity index (χ1v) is 9.67. The molecular weight excluding hydrogens is 564 g/mol. The van der Waals surface area contributed by atoms with Crippen LogP contribution in [0.1, 0.15) is 29.8 Å². The van der Waals surface area contributed by atoms with Gasteiger partial charge in [-0.3, -0.25) is 14.9 Å². The average molecular weight is 579 g/mol. The highest BCUT2D eigenvalue weighted by Gasteiger charge is 2.11. The predicted octanol–water partition coefficient (Wildman–Crippen LogP) is 4.36. The van der Waals surface area contributed by atoms with Gasteiger partial charge in [-0.15, -0.1) is 0 Å². The standard InChI is InChI=1S/C17H15I2N3O4/c1-10(2)26-16-14(18)7-11(8-15(16)19)9-20-21-17(23)12-3-5-13(6-4-12)22(24)25/h3-10H,1-2H3,(H,21,23)/b20-9-. The summed E-state index contributed by atoms with van der Waals surface area (Å²) in [5.41, 5.74) is 3.44. The van der Waals surface area contributed by atoms with Crippen LogP contribution in [0.5, 0.6) is 5.75 Å². The van der Waals surface area contributed by atoms with E-state index in [0.717, 1.165) is 18.5 Å². The van der Waals surface area contributed by atoms with Crippen LogP contribution in [-0.2, 0) is 0 Å². The molecule has 1 amide bonds. The van der Waals surface area contributed by atoms with Gasteiger partial charge in [-0.05, 0) is 88.9 Å². The third-order valence-electron chi connectivity index (χ3n) is 3.09. The fraction of sp³-hybridized carbons (Fsp3) is 0.176. The molecule has 7 nitrogen and oxygen atoms in total. The number of non-ortho nitro benzene ring substituents is 1. The molecule has 0 atom stereocenters. The first-order chi connectivity index (χ1) is 12.3. The van der Waals surface area contributed by atoms with Gasteiger partial charge in [-0.2, -0.15) is 5.10 Å². The Morgan fingerprint density at radius 2 is 1.81 bits per heavy atom. The fourth-order valence-electron chi connectivity index (χ4n) is 1.97. The molecule has 136 valence electrons. The van der Waals surface area contributed by atoms with Gasteiger partial charge < -0.3 is 4.74 Å². The van der Waals surface area contributed by atoms with Gasteiger partial charge in [0.25, 0.3) is 11.6 Å². The first kappa shape index (κ1) is 20.6. The van der Waals surface area contributed by atoms with Crippen LogP contribution >= 0.6 is 45.2 Å². The number of carbonyl (C=O) groups excluding carboxylic acids is 1. The third kappa shape index (κ3) is 5.62. The van der Waals surface area contributed by atoms with Crippen molar-refractivity contribution in [1.82, 2.24) is 5.43 Å². The summed E-state index contributed by atoms with van der Waals surface area (Å²) in [6, 6.07) is 9.12. The lowest BCUT2D eigenvalue weighted by Gasteiger charge is -2.14. The summed E-state index contributed by atoms with van der Waals surface area (Å²) >= 11 is 4.39. The van der Waals surface area contributed by atoms with Crippen LogP contribution in [0.4, 0.5) is 5.69 Å². The molecule has 0 aliphatic heterocycles. The predicted molar refractivity (Wildman–Crippen MR) is 116 cm³/mol. The lowest BCUT2D eigenvalue weighted by Crippen LogP contribution is -2.17. The monoisotopic (exact) mass is 579 g/mol. The Labute approximate surface area is 177 Å². The topological polar surface area (TPSA) is 93.8 Å². The van der Waals surface area contributed by atoms with Crippen molar-refractivity contribution in [3.8, 4) is 5.75 Å². The Kier molecular flexibility index (Phi) is 7.32. The zero-order valence-electron chi connectivity index (χ0n) is 13.9. The third-order valence-corrected chi connectivity index (χ3v) is 4.70. The van der Waals surface area contributed by atoms with Crippen LogP contribution in [0.15, 0.2) is 41.5 Å². The van der Waals surface area contributed by atoms with E-state index in [2.05, 4.69) is 55.7 Å². The molecule has 0 saturated heterocycles. The molecule has 0 aliphatic rings. The number of nitrogens with one attached hydrogen (secondary N) is 1. The number of hydrogen-bond donors (Lipinski definition) is 1. The second-order valence-electron chi connectivity index (χ2n) is 5.48. The average Bonchev–Trinajstić information content (AvgIpc) is 2.58. The Morgan fingerprint density at radius 1 is 1.23 bits per heavy atom. The molecule has 0 aliphatic carbocycles. The maximum atomic E-state index is 12.0. The number of nitro groups is 1. The van der Waals surface area contributed by atoms with Crippen LogP contribution < -0.4 is 10.2 Å². The van der Waals surface area contributed by atoms with Gasteiger partial charge in [0, 0.05) is 17.7 Å². The maximum absolute atomic E-state index is 12.0. The van der Waals surface area contributed by atoms with E-state index < -0.39 is 10.8 Å². The smallest absolute Gasteiger partial charge is 0.271 e. The molecule has 0 spiro atoms. The molecule has 0 unspecified atom stereocenters. The van der Waals surface area contributed by atoms with Crippen molar-refractivity contribution in [3.63, 3.8) is 0 Å². The normalized spacial score (nSPS) is 11.0. The number of ether oxygens (including phenoxy) is 1. The summed E-state index contributed by atoms with van der Waals surface area (Å²) in [7, 11) is 0. The second kappa shape index (κ2) is 9.26. The minimum Gasteiger partial charge on any atom is -0.489 e. The summed E-state index contributed by atoms with van der Waals surface area (Å²) in [4.78, 5) is 22.1. The van der Waals surface area contributed by atoms with Gasteiger partial charge in [0.15, 0.2) is 0 Å². The highest BCUT2D eigenvalue weighted by molar-refractivity contribution is 14.1. The second-order valence-corrected chi connectivity index (χ2v) is 7.81. The van der Waals surface area contributed by atoms with E-state index in [0.29, 0.717) is 0 Å². The van der Waals surface area contributed by atoms with Crippen LogP contribution in [0.3, 0.4) is 0 Å². The summed E-state index contributed by atoms with van der Waals surface area (Å²) < 4.78 is 7.68. The maximum Gasteiger partial charge on any atom is 0.271 e. The Bertz CT molecular complexity index is 829. The van der Waals surface area contributed by atoms with Gasteiger partial charge in [-0.25, -0.2) is 5.43 Å². The molecule has 0 saturated carbocycles. The number of amides is 1. The molecule has 2 rings (SSSR count). The van der Waals surface area contributed by atoms with E-state index in [4.69, 9.17) is 4.74 Å². The molecule has 0 radical (unpaired) electrons. The highest BCUT2D eigenvalue weighted by Crippen LogP contribution is 2.29. The van der Waals surface area contributed by atoms with Crippen molar-refractivity contribution in [2.75, 3.05) is 0 Å². The molecule has 2 aromatic carbocycles. The van der Waals surface area contributed by atoms with E-state index in [1.54, 1.807) is 0 Å². The Morgan fingerprint density at radius 3 is 2.31 bits per heavy atom. The number of benzene rings is 2. The van der Waals surface area contributed by atoms with Crippen molar-refractivity contribution in [1.29, 1.82) is 0 Å². The number of nitro benzene ring substituents is 1. The lowest BCUT2D eigenvalue weighted by molar-refractivity contribution is -0.384. The zero-order chi connectivity index (χ0) is 19.3. The van der Waals surface area contributed by atoms with Gasteiger partial charge in [0.1, 0.15) is 5.75 Å². The molecule has 26 heavy (non-hydrogen) atoms. The van der Waals surface area contributed by atoms with Crippen molar-refractivity contribution >= 4 is 63.0 Å². The van der Waals surface area contributed by atoms with E-state index in [1.807, 2.05) is 26.0 Å². The molecule has 1 N–H and O–H groups in total. The van der Waals surface area contributed by atoms with Crippen molar-refractivity contribution in [2.45, 2.75) is 20.0 Å². The van der Waals surface area contributed by atoms with E-state index in [-0.39, 0.29) is 17.4 Å². The summed E-state index contributed by atoms with van der Waals surface area (Å²) in [5, 5.41) is 14.6. The minimum atomic E-state index is -0.518. The van der Waals surface area contributed by atoms with E-state index in [9.17, 15) is 14.9 Å². The first-order valence-electron chi connectivity index (χ1n) is 7.51. The summed E-state index contributed by atoms with van der Waals surface area (Å²) in [6.07, 6.45) is 1.62. The molecule has 9 heteroatoms. The minimum absolute atomic E-state index is 0.0714. The summed E-state index contributed by atoms with van der Waals surface area (Å²) in [5.74, 6) is 0.383. The number of rotatable bonds is 6. The quantitative estimate of drug-likeness (QED) is 0.239. The zero-order valence-corrected chi connectivity index (χ0v) is 18.2. The molecule has 0 bridgehead atoms. The van der Waals surface area contributed by atoms with Crippen LogP contribution in [0, 0.1) is 17.3 Å². The number of nitrogens with zero attached hydrogens (tertiary/aromatic N) is 2. The largest absolute Gasteiger partial charge is 0.489 e. The number of hydrogen-bond acceptors (Lipinski definition) is 5. The number of carbonyl (C=O) groups is 1. The van der Waals surface area contributed by atoms with Crippen LogP contribution in [0.2, 0.25) is 0 Å². The highest BCUT2D eigenvalue weighted by atomic mass is 127. The van der Waals surface area contributed by atoms with Gasteiger partial charge in [0.05, 0.1) is 24.4 Å². The lowest BCUT2D eigenvalue weighted by atomic mass is 10.2.